The standard InChI is InChI=1S/C51H36N6O/c1-2-46-53-42-19-11-12-20-43(42)57(46)33-22-24-39-35(28-33)34-17-9-10-18-38(34)51(39)40-23-21-32(52)27-36(40)47-37-29-45(58-44(37)26-25-41(47)51)50-55-48(30-13-5-3-6-14-30)54-49(56-50)31-15-7-4-8-16-31/h3-29,46,53H,2,52H2,1H3. The van der Waals surface area contributed by atoms with E-state index in [2.05, 4.69) is 114 Å². The Kier molecular flexibility index (Phi) is 6.90. The van der Waals surface area contributed by atoms with Crippen molar-refractivity contribution in [2.24, 2.45) is 0 Å². The predicted molar refractivity (Wildman–Crippen MR) is 233 cm³/mol. The third-order valence-electron chi connectivity index (χ3n) is 12.2. The second-order valence-corrected chi connectivity index (χ2v) is 15.3. The van der Waals surface area contributed by atoms with Crippen molar-refractivity contribution in [1.29, 1.82) is 0 Å². The Balaban J connectivity index is 1.08. The molecule has 9 aromatic rings. The summed E-state index contributed by atoms with van der Waals surface area (Å²) in [6, 6.07) is 57.5. The minimum atomic E-state index is -0.562. The van der Waals surface area contributed by atoms with Gasteiger partial charge >= 0.3 is 0 Å². The maximum Gasteiger partial charge on any atom is 0.199 e. The quantitative estimate of drug-likeness (QED) is 0.169. The molecule has 2 aliphatic carbocycles. The fourth-order valence-corrected chi connectivity index (χ4v) is 9.81. The highest BCUT2D eigenvalue weighted by Gasteiger charge is 2.52. The number of furan rings is 1. The summed E-state index contributed by atoms with van der Waals surface area (Å²) >= 11 is 0. The smallest absolute Gasteiger partial charge is 0.199 e. The number of para-hydroxylation sites is 2. The van der Waals surface area contributed by atoms with Crippen LogP contribution in [0.25, 0.3) is 67.6 Å². The molecule has 7 nitrogen and oxygen atoms in total. The first kappa shape index (κ1) is 32.7. The van der Waals surface area contributed by atoms with Crippen LogP contribution < -0.4 is 16.0 Å². The van der Waals surface area contributed by atoms with E-state index in [1.165, 1.54) is 44.8 Å². The highest BCUT2D eigenvalue weighted by atomic mass is 16.3. The van der Waals surface area contributed by atoms with Crippen LogP contribution in [0.15, 0.2) is 168 Å². The van der Waals surface area contributed by atoms with E-state index in [0.717, 1.165) is 45.3 Å². The van der Waals surface area contributed by atoms with Crippen LogP contribution in [-0.2, 0) is 5.41 Å². The molecule has 0 radical (unpaired) electrons. The van der Waals surface area contributed by atoms with Crippen LogP contribution in [0.5, 0.6) is 0 Å². The summed E-state index contributed by atoms with van der Waals surface area (Å²) in [4.78, 5) is 17.4. The predicted octanol–water partition coefficient (Wildman–Crippen LogP) is 11.8. The van der Waals surface area contributed by atoms with Gasteiger partial charge in [-0.15, -0.1) is 0 Å². The first-order valence-electron chi connectivity index (χ1n) is 19.8. The Morgan fingerprint density at radius 3 is 2.02 bits per heavy atom. The maximum atomic E-state index is 6.72. The van der Waals surface area contributed by atoms with Gasteiger partial charge in [-0.3, -0.25) is 0 Å². The summed E-state index contributed by atoms with van der Waals surface area (Å²) in [6.07, 6.45) is 1.13. The van der Waals surface area contributed by atoms with Crippen molar-refractivity contribution in [3.05, 3.63) is 186 Å². The fraction of sp³-hybridized carbons (Fsp3) is 0.0784. The Morgan fingerprint density at radius 1 is 0.603 bits per heavy atom. The van der Waals surface area contributed by atoms with Crippen LogP contribution in [0.2, 0.25) is 0 Å². The van der Waals surface area contributed by atoms with Gasteiger partial charge in [0, 0.05) is 27.9 Å². The number of aromatic nitrogens is 3. The van der Waals surface area contributed by atoms with Crippen LogP contribution in [0.3, 0.4) is 0 Å². The van der Waals surface area contributed by atoms with Crippen molar-refractivity contribution in [2.45, 2.75) is 24.9 Å². The second kappa shape index (κ2) is 12.2. The minimum absolute atomic E-state index is 0.164. The van der Waals surface area contributed by atoms with Crippen molar-refractivity contribution >= 4 is 33.7 Å². The van der Waals surface area contributed by atoms with E-state index >= 15 is 0 Å². The topological polar surface area (TPSA) is 93.1 Å². The molecule has 2 unspecified atom stereocenters. The lowest BCUT2D eigenvalue weighted by molar-refractivity contribution is 0.624. The van der Waals surface area contributed by atoms with Crippen LogP contribution in [0, 0.1) is 0 Å². The lowest BCUT2D eigenvalue weighted by atomic mass is 9.70. The van der Waals surface area contributed by atoms with E-state index in [1.54, 1.807) is 0 Å². The molecule has 0 saturated carbocycles. The average molecular weight is 749 g/mol. The van der Waals surface area contributed by atoms with Crippen LogP contribution >= 0.6 is 0 Å². The Bertz CT molecular complexity index is 3060. The first-order chi connectivity index (χ1) is 28.6. The molecule has 276 valence electrons. The molecule has 1 aliphatic heterocycles. The van der Waals surface area contributed by atoms with Crippen molar-refractivity contribution in [3.8, 4) is 56.6 Å². The first-order valence-corrected chi connectivity index (χ1v) is 19.8. The van der Waals surface area contributed by atoms with Crippen molar-refractivity contribution in [1.82, 2.24) is 15.0 Å². The highest BCUT2D eigenvalue weighted by molar-refractivity contribution is 6.06. The van der Waals surface area contributed by atoms with Crippen LogP contribution in [-0.4, -0.2) is 21.1 Å². The van der Waals surface area contributed by atoms with Gasteiger partial charge in [0.15, 0.2) is 23.2 Å². The molecular formula is C51H36N6O. The molecule has 2 atom stereocenters. The average Bonchev–Trinajstić information content (AvgIpc) is 4.03. The summed E-state index contributed by atoms with van der Waals surface area (Å²) in [5.74, 6) is 2.23. The van der Waals surface area contributed by atoms with E-state index in [4.69, 9.17) is 25.1 Å². The van der Waals surface area contributed by atoms with Gasteiger partial charge in [0.05, 0.1) is 16.8 Å². The Labute approximate surface area is 335 Å². The highest BCUT2D eigenvalue weighted by Crippen LogP contribution is 2.64. The normalized spacial score (nSPS) is 16.8. The van der Waals surface area contributed by atoms with Gasteiger partial charge in [-0.2, -0.15) is 0 Å². The van der Waals surface area contributed by atoms with Gasteiger partial charge in [-0.1, -0.05) is 122 Å². The fourth-order valence-electron chi connectivity index (χ4n) is 9.81. The largest absolute Gasteiger partial charge is 0.453 e. The van der Waals surface area contributed by atoms with Crippen LogP contribution in [0.1, 0.15) is 35.6 Å². The molecule has 3 heterocycles. The van der Waals surface area contributed by atoms with E-state index in [-0.39, 0.29) is 6.17 Å². The number of nitrogens with one attached hydrogen (secondary N) is 1. The number of nitrogen functional groups attached to an aromatic ring is 1. The zero-order valence-electron chi connectivity index (χ0n) is 31.6. The Morgan fingerprint density at radius 2 is 1.24 bits per heavy atom. The molecule has 3 N–H and O–H groups in total. The third-order valence-corrected chi connectivity index (χ3v) is 12.2. The zero-order chi connectivity index (χ0) is 38.5. The summed E-state index contributed by atoms with van der Waals surface area (Å²) < 4.78 is 6.72. The zero-order valence-corrected chi connectivity index (χ0v) is 31.6. The second-order valence-electron chi connectivity index (χ2n) is 15.3. The van der Waals surface area contributed by atoms with Gasteiger partial charge in [-0.25, -0.2) is 15.0 Å². The van der Waals surface area contributed by atoms with Crippen molar-refractivity contribution in [3.63, 3.8) is 0 Å². The van der Waals surface area contributed by atoms with E-state index in [1.807, 2.05) is 66.7 Å². The SMILES string of the molecule is CCC1Nc2ccccc2N1c1ccc2c(c1)-c1ccccc1C21c2ccc(N)cc2-c2c1ccc1oc(-c3nc(-c4ccccc4)nc(-c4ccccc4)n3)cc21. The molecule has 7 heteroatoms. The van der Waals surface area contributed by atoms with Gasteiger partial charge < -0.3 is 20.4 Å². The lowest BCUT2D eigenvalue weighted by Gasteiger charge is -2.31. The molecule has 0 saturated heterocycles. The van der Waals surface area contributed by atoms with Gasteiger partial charge in [0.1, 0.15) is 11.7 Å². The summed E-state index contributed by atoms with van der Waals surface area (Å²) in [6.45, 7) is 2.24. The molecule has 0 bridgehead atoms. The van der Waals surface area contributed by atoms with Gasteiger partial charge in [0.25, 0.3) is 0 Å². The Hall–Kier alpha value is -7.51. The molecule has 12 rings (SSSR count). The lowest BCUT2D eigenvalue weighted by Crippen LogP contribution is -2.31. The maximum absolute atomic E-state index is 6.72. The number of rotatable bonds is 5. The molecule has 0 fully saturated rings. The van der Waals surface area contributed by atoms with Crippen molar-refractivity contribution in [2.75, 3.05) is 16.0 Å². The molecule has 7 aromatic carbocycles. The number of nitrogens with zero attached hydrogens (tertiary/aromatic N) is 4. The van der Waals surface area contributed by atoms with Gasteiger partial charge in [-0.05, 0) is 99.5 Å². The summed E-state index contributed by atoms with van der Waals surface area (Å²) in [5.41, 5.74) is 22.5. The molecule has 1 spiro atoms. The molecule has 58 heavy (non-hydrogen) atoms. The molecular weight excluding hydrogens is 713 g/mol. The number of anilines is 4. The van der Waals surface area contributed by atoms with Crippen LogP contribution in [0.4, 0.5) is 22.7 Å². The van der Waals surface area contributed by atoms with E-state index < -0.39 is 5.41 Å². The number of hydrogen-bond donors (Lipinski definition) is 2. The number of benzene rings is 7. The number of fused-ring (bicyclic) bond motifs is 13. The van der Waals surface area contributed by atoms with E-state index in [0.29, 0.717) is 28.9 Å². The molecule has 2 aromatic heterocycles. The molecule has 3 aliphatic rings. The van der Waals surface area contributed by atoms with Crippen molar-refractivity contribution < 1.29 is 4.42 Å². The van der Waals surface area contributed by atoms with Gasteiger partial charge in [0.2, 0.25) is 0 Å². The van der Waals surface area contributed by atoms with E-state index in [9.17, 15) is 0 Å². The summed E-state index contributed by atoms with van der Waals surface area (Å²) in [7, 11) is 0. The monoisotopic (exact) mass is 748 g/mol. The minimum Gasteiger partial charge on any atom is -0.453 e. The number of nitrogens with two attached hydrogens (primary N) is 1. The third kappa shape index (κ3) is 4.52. The molecule has 0 amide bonds. The number of hydrogen-bond acceptors (Lipinski definition) is 7. The summed E-state index contributed by atoms with van der Waals surface area (Å²) in [5, 5.41) is 4.74.